The van der Waals surface area contributed by atoms with Crippen molar-refractivity contribution in [3.8, 4) is 0 Å². The highest BCUT2D eigenvalue weighted by molar-refractivity contribution is 9.11. The van der Waals surface area contributed by atoms with Gasteiger partial charge in [0.2, 0.25) is 0 Å². The molecule has 0 radical (unpaired) electrons. The molecule has 5 heteroatoms. The van der Waals surface area contributed by atoms with E-state index in [1.54, 1.807) is 0 Å². The molecule has 0 amide bonds. The Morgan fingerprint density at radius 2 is 1.48 bits per heavy atom. The van der Waals surface area contributed by atoms with Crippen LogP contribution in [0.5, 0.6) is 0 Å². The van der Waals surface area contributed by atoms with Crippen LogP contribution in [0.3, 0.4) is 0 Å². The first kappa shape index (κ1) is 14.2. The Balaban J connectivity index is 2.04. The van der Waals surface area contributed by atoms with Crippen molar-refractivity contribution in [1.82, 2.24) is 0 Å². The van der Waals surface area contributed by atoms with E-state index in [2.05, 4.69) is 42.1 Å². The van der Waals surface area contributed by atoms with Crippen molar-refractivity contribution < 1.29 is 0 Å². The highest BCUT2D eigenvalue weighted by Crippen LogP contribution is 2.37. The second kappa shape index (κ2) is 5.95. The molecule has 0 unspecified atom stereocenters. The summed E-state index contributed by atoms with van der Waals surface area (Å²) in [5.74, 6) is 0. The first-order valence-corrected chi connectivity index (χ1v) is 7.88. The second-order valence-electron chi connectivity index (χ2n) is 4.51. The van der Waals surface area contributed by atoms with Gasteiger partial charge in [-0.2, -0.15) is 5.11 Å². The summed E-state index contributed by atoms with van der Waals surface area (Å²) in [4.78, 5) is 0. The smallest absolute Gasteiger partial charge is 0.110 e. The first-order valence-electron chi connectivity index (χ1n) is 6.29. The van der Waals surface area contributed by atoms with Gasteiger partial charge in [-0.3, -0.25) is 0 Å². The number of rotatable bonds is 2. The van der Waals surface area contributed by atoms with Gasteiger partial charge in [0, 0.05) is 14.3 Å². The Kier molecular flexibility index (Phi) is 4.03. The van der Waals surface area contributed by atoms with Gasteiger partial charge in [-0.05, 0) is 35.7 Å². The average molecular weight is 405 g/mol. The molecule has 0 atom stereocenters. The Bertz CT molecular complexity index is 827. The van der Waals surface area contributed by atoms with Gasteiger partial charge >= 0.3 is 0 Å². The minimum absolute atomic E-state index is 0.634. The van der Waals surface area contributed by atoms with E-state index in [4.69, 9.17) is 5.73 Å². The number of nitrogens with two attached hydrogens (primary N) is 1. The van der Waals surface area contributed by atoms with Crippen molar-refractivity contribution in [2.75, 3.05) is 5.73 Å². The van der Waals surface area contributed by atoms with Gasteiger partial charge in [0.05, 0.1) is 11.4 Å². The highest BCUT2D eigenvalue weighted by Gasteiger charge is 2.07. The molecule has 3 aromatic rings. The molecule has 0 spiro atoms. The van der Waals surface area contributed by atoms with Gasteiger partial charge in [0.25, 0.3) is 0 Å². The molecule has 0 bridgehead atoms. The first-order chi connectivity index (χ1) is 10.1. The lowest BCUT2D eigenvalue weighted by Gasteiger charge is -2.07. The highest BCUT2D eigenvalue weighted by atomic mass is 79.9. The third kappa shape index (κ3) is 2.99. The summed E-state index contributed by atoms with van der Waals surface area (Å²) in [5, 5.41) is 10.5. The Morgan fingerprint density at radius 3 is 2.19 bits per heavy atom. The van der Waals surface area contributed by atoms with Crippen molar-refractivity contribution in [3.05, 3.63) is 63.5 Å². The summed E-state index contributed by atoms with van der Waals surface area (Å²) in [6, 6.07) is 17.5. The van der Waals surface area contributed by atoms with E-state index in [-0.39, 0.29) is 0 Å². The number of hydrogen-bond acceptors (Lipinski definition) is 3. The van der Waals surface area contributed by atoms with E-state index in [0.717, 1.165) is 25.4 Å². The van der Waals surface area contributed by atoms with Crippen LogP contribution >= 0.6 is 31.9 Å². The second-order valence-corrected chi connectivity index (χ2v) is 6.28. The molecule has 0 fully saturated rings. The number of fused-ring (bicyclic) bond motifs is 1. The molecule has 0 aliphatic rings. The summed E-state index contributed by atoms with van der Waals surface area (Å²) in [6.07, 6.45) is 0. The monoisotopic (exact) mass is 403 g/mol. The van der Waals surface area contributed by atoms with Crippen LogP contribution in [0.4, 0.5) is 17.1 Å². The number of nitrogen functional groups attached to an aromatic ring is 1. The Morgan fingerprint density at radius 1 is 0.810 bits per heavy atom. The van der Waals surface area contributed by atoms with Gasteiger partial charge in [-0.1, -0.05) is 56.1 Å². The Hall–Kier alpha value is -1.72. The fraction of sp³-hybridized carbons (Fsp3) is 0. The number of azo groups is 1. The van der Waals surface area contributed by atoms with Crippen molar-refractivity contribution in [1.29, 1.82) is 0 Å². The molecular formula is C16H11Br2N3. The predicted molar refractivity (Wildman–Crippen MR) is 94.4 cm³/mol. The third-order valence-electron chi connectivity index (χ3n) is 3.11. The van der Waals surface area contributed by atoms with Crippen LogP contribution in [-0.2, 0) is 0 Å². The van der Waals surface area contributed by atoms with Gasteiger partial charge in [0.1, 0.15) is 5.69 Å². The van der Waals surface area contributed by atoms with E-state index in [9.17, 15) is 0 Å². The maximum Gasteiger partial charge on any atom is 0.110 e. The number of benzene rings is 3. The van der Waals surface area contributed by atoms with E-state index in [1.165, 1.54) is 0 Å². The fourth-order valence-corrected chi connectivity index (χ4v) is 2.87. The third-order valence-corrected chi connectivity index (χ3v) is 4.30. The summed E-state index contributed by atoms with van der Waals surface area (Å²) in [5.41, 5.74) is 8.26. The zero-order chi connectivity index (χ0) is 14.8. The molecule has 3 rings (SSSR count). The zero-order valence-electron chi connectivity index (χ0n) is 10.9. The van der Waals surface area contributed by atoms with Crippen molar-refractivity contribution >= 4 is 59.7 Å². The zero-order valence-corrected chi connectivity index (χ0v) is 14.1. The lowest BCUT2D eigenvalue weighted by molar-refractivity contribution is 1.23. The molecule has 3 aromatic carbocycles. The lowest BCUT2D eigenvalue weighted by atomic mass is 10.1. The summed E-state index contributed by atoms with van der Waals surface area (Å²) >= 11 is 6.95. The molecule has 21 heavy (non-hydrogen) atoms. The molecule has 0 aromatic heterocycles. The number of anilines is 1. The molecule has 0 aliphatic carbocycles. The number of halogens is 2. The quantitative estimate of drug-likeness (QED) is 0.391. The lowest BCUT2D eigenvalue weighted by Crippen LogP contribution is -1.88. The van der Waals surface area contributed by atoms with Gasteiger partial charge < -0.3 is 5.73 Å². The van der Waals surface area contributed by atoms with Crippen LogP contribution in [0.25, 0.3) is 10.8 Å². The summed E-state index contributed by atoms with van der Waals surface area (Å²) in [6.45, 7) is 0. The van der Waals surface area contributed by atoms with Gasteiger partial charge in [0.15, 0.2) is 0 Å². The molecule has 0 heterocycles. The largest absolute Gasteiger partial charge is 0.396 e. The summed E-state index contributed by atoms with van der Waals surface area (Å²) < 4.78 is 1.96. The number of nitrogens with zero attached hydrogens (tertiary/aromatic N) is 2. The SMILES string of the molecule is Nc1c(N=Nc2ccc(Br)cc2)cc(Br)c2ccccc12. The Labute approximate surface area is 139 Å². The van der Waals surface area contributed by atoms with E-state index < -0.39 is 0 Å². The summed E-state index contributed by atoms with van der Waals surface area (Å²) in [7, 11) is 0. The van der Waals surface area contributed by atoms with Crippen LogP contribution in [0.2, 0.25) is 0 Å². The fourth-order valence-electron chi connectivity index (χ4n) is 2.04. The van der Waals surface area contributed by atoms with E-state index in [1.807, 2.05) is 54.6 Å². The van der Waals surface area contributed by atoms with Gasteiger partial charge in [-0.25, -0.2) is 0 Å². The molecule has 2 N–H and O–H groups in total. The average Bonchev–Trinajstić information content (AvgIpc) is 2.51. The van der Waals surface area contributed by atoms with Crippen LogP contribution < -0.4 is 5.73 Å². The number of hydrogen-bond donors (Lipinski definition) is 1. The maximum absolute atomic E-state index is 6.19. The van der Waals surface area contributed by atoms with Crippen molar-refractivity contribution in [3.63, 3.8) is 0 Å². The van der Waals surface area contributed by atoms with Crippen LogP contribution in [-0.4, -0.2) is 0 Å². The molecule has 0 saturated carbocycles. The normalized spacial score (nSPS) is 11.3. The predicted octanol–water partition coefficient (Wildman–Crippen LogP) is 6.36. The minimum atomic E-state index is 0.634. The molecule has 3 nitrogen and oxygen atoms in total. The van der Waals surface area contributed by atoms with Crippen molar-refractivity contribution in [2.45, 2.75) is 0 Å². The van der Waals surface area contributed by atoms with E-state index >= 15 is 0 Å². The minimum Gasteiger partial charge on any atom is -0.396 e. The van der Waals surface area contributed by atoms with Crippen LogP contribution in [0.1, 0.15) is 0 Å². The van der Waals surface area contributed by atoms with Crippen LogP contribution in [0.15, 0.2) is 73.8 Å². The molecule has 0 aliphatic heterocycles. The van der Waals surface area contributed by atoms with Gasteiger partial charge in [-0.15, -0.1) is 5.11 Å². The van der Waals surface area contributed by atoms with E-state index in [0.29, 0.717) is 11.4 Å². The molecular weight excluding hydrogens is 394 g/mol. The van der Waals surface area contributed by atoms with Crippen molar-refractivity contribution in [2.24, 2.45) is 10.2 Å². The topological polar surface area (TPSA) is 50.7 Å². The maximum atomic E-state index is 6.19. The molecule has 104 valence electrons. The standard InChI is InChI=1S/C16H11Br2N3/c17-10-5-7-11(8-6-10)20-21-15-9-14(18)12-3-1-2-4-13(12)16(15)19/h1-9H,19H2. The van der Waals surface area contributed by atoms with Crippen LogP contribution in [0, 0.1) is 0 Å². The molecule has 0 saturated heterocycles.